The molecule has 0 heterocycles. The van der Waals surface area contributed by atoms with Crippen molar-refractivity contribution in [2.75, 3.05) is 32.8 Å². The molecular formula is C13H20BrNO3. The summed E-state index contributed by atoms with van der Waals surface area (Å²) < 4.78 is 6.45. The monoisotopic (exact) mass is 317 g/mol. The van der Waals surface area contributed by atoms with Gasteiger partial charge in [-0.05, 0) is 24.7 Å². The molecule has 0 aliphatic carbocycles. The number of benzene rings is 1. The summed E-state index contributed by atoms with van der Waals surface area (Å²) in [5.41, 5.74) is 0. The summed E-state index contributed by atoms with van der Waals surface area (Å²) in [6, 6.07) is 7.51. The molecule has 0 amide bonds. The molecule has 0 bridgehead atoms. The third-order valence-electron chi connectivity index (χ3n) is 2.57. The molecule has 4 nitrogen and oxygen atoms in total. The van der Waals surface area contributed by atoms with Crippen LogP contribution < -0.4 is 4.74 Å². The number of halogens is 1. The van der Waals surface area contributed by atoms with Gasteiger partial charge in [0.25, 0.3) is 0 Å². The van der Waals surface area contributed by atoms with Crippen molar-refractivity contribution in [1.82, 2.24) is 4.90 Å². The van der Waals surface area contributed by atoms with E-state index < -0.39 is 6.10 Å². The van der Waals surface area contributed by atoms with Crippen molar-refractivity contribution >= 4 is 15.9 Å². The highest BCUT2D eigenvalue weighted by atomic mass is 79.9. The zero-order valence-electron chi connectivity index (χ0n) is 10.6. The lowest BCUT2D eigenvalue weighted by molar-refractivity contribution is 0.0638. The van der Waals surface area contributed by atoms with Gasteiger partial charge in [0.15, 0.2) is 0 Å². The van der Waals surface area contributed by atoms with Gasteiger partial charge in [0.05, 0.1) is 6.61 Å². The molecule has 0 saturated carbocycles. The van der Waals surface area contributed by atoms with E-state index in [2.05, 4.69) is 15.9 Å². The fourth-order valence-corrected chi connectivity index (χ4v) is 2.00. The van der Waals surface area contributed by atoms with Gasteiger partial charge in [-0.15, -0.1) is 0 Å². The van der Waals surface area contributed by atoms with Crippen LogP contribution in [-0.4, -0.2) is 54.1 Å². The maximum atomic E-state index is 9.85. The maximum absolute atomic E-state index is 9.85. The first-order valence-electron chi connectivity index (χ1n) is 6.05. The van der Waals surface area contributed by atoms with Crippen molar-refractivity contribution in [2.24, 2.45) is 0 Å². The van der Waals surface area contributed by atoms with Crippen molar-refractivity contribution < 1.29 is 14.9 Å². The van der Waals surface area contributed by atoms with Gasteiger partial charge < -0.3 is 14.9 Å². The number of hydrogen-bond acceptors (Lipinski definition) is 4. The van der Waals surface area contributed by atoms with Crippen molar-refractivity contribution in [3.8, 4) is 5.75 Å². The molecule has 1 aromatic rings. The number of ether oxygens (including phenoxy) is 1. The minimum Gasteiger partial charge on any atom is -0.491 e. The number of aliphatic hydroxyl groups excluding tert-OH is 2. The molecule has 0 saturated heterocycles. The molecule has 0 radical (unpaired) electrons. The van der Waals surface area contributed by atoms with E-state index in [1.807, 2.05) is 36.1 Å². The summed E-state index contributed by atoms with van der Waals surface area (Å²) in [5.74, 6) is 0.730. The van der Waals surface area contributed by atoms with E-state index >= 15 is 0 Å². The largest absolute Gasteiger partial charge is 0.491 e. The second-order valence-corrected chi connectivity index (χ2v) is 4.95. The van der Waals surface area contributed by atoms with Crippen LogP contribution >= 0.6 is 15.9 Å². The van der Waals surface area contributed by atoms with Crippen LogP contribution in [0.15, 0.2) is 28.7 Å². The molecular weight excluding hydrogens is 298 g/mol. The normalized spacial score (nSPS) is 12.7. The topological polar surface area (TPSA) is 52.9 Å². The Hall–Kier alpha value is -0.620. The number of aliphatic hydroxyl groups is 2. The Kier molecular flexibility index (Phi) is 7.27. The Morgan fingerprint density at radius 1 is 1.44 bits per heavy atom. The minimum absolute atomic E-state index is 0.104. The maximum Gasteiger partial charge on any atom is 0.120 e. The summed E-state index contributed by atoms with van der Waals surface area (Å²) in [4.78, 5) is 1.98. The lowest BCUT2D eigenvalue weighted by atomic mass is 10.3. The van der Waals surface area contributed by atoms with Crippen LogP contribution in [-0.2, 0) is 0 Å². The summed E-state index contributed by atoms with van der Waals surface area (Å²) >= 11 is 3.36. The molecule has 1 atom stereocenters. The van der Waals surface area contributed by atoms with Gasteiger partial charge in [-0.1, -0.05) is 28.9 Å². The number of rotatable bonds is 8. The van der Waals surface area contributed by atoms with Crippen molar-refractivity contribution in [2.45, 2.75) is 13.0 Å². The van der Waals surface area contributed by atoms with Crippen LogP contribution in [0.2, 0.25) is 0 Å². The molecule has 18 heavy (non-hydrogen) atoms. The zero-order chi connectivity index (χ0) is 13.4. The molecule has 0 aliphatic rings. The second kappa shape index (κ2) is 8.48. The Labute approximate surface area is 116 Å². The third kappa shape index (κ3) is 5.82. The number of nitrogens with zero attached hydrogens (tertiary/aromatic N) is 1. The minimum atomic E-state index is -0.560. The summed E-state index contributed by atoms with van der Waals surface area (Å²) in [5, 5.41) is 18.7. The van der Waals surface area contributed by atoms with Crippen molar-refractivity contribution in [3.05, 3.63) is 28.7 Å². The molecule has 0 fully saturated rings. The lowest BCUT2D eigenvalue weighted by Crippen LogP contribution is -2.37. The zero-order valence-corrected chi connectivity index (χ0v) is 12.1. The SMILES string of the molecule is CCN(CCO)CC(O)COc1cccc(Br)c1. The van der Waals surface area contributed by atoms with E-state index in [4.69, 9.17) is 9.84 Å². The highest BCUT2D eigenvalue weighted by Gasteiger charge is 2.10. The molecule has 0 aromatic heterocycles. The molecule has 1 aromatic carbocycles. The highest BCUT2D eigenvalue weighted by Crippen LogP contribution is 2.17. The molecule has 102 valence electrons. The van der Waals surface area contributed by atoms with Crippen LogP contribution in [0.4, 0.5) is 0 Å². The van der Waals surface area contributed by atoms with Gasteiger partial charge in [-0.3, -0.25) is 4.90 Å². The predicted molar refractivity (Wildman–Crippen MR) is 74.8 cm³/mol. The third-order valence-corrected chi connectivity index (χ3v) is 3.06. The van der Waals surface area contributed by atoms with Gasteiger partial charge >= 0.3 is 0 Å². The van der Waals surface area contributed by atoms with Gasteiger partial charge in [0.2, 0.25) is 0 Å². The fourth-order valence-electron chi connectivity index (χ4n) is 1.62. The Morgan fingerprint density at radius 2 is 2.22 bits per heavy atom. The van der Waals surface area contributed by atoms with E-state index in [9.17, 15) is 5.11 Å². The number of likely N-dealkylation sites (N-methyl/N-ethyl adjacent to an activating group) is 1. The van der Waals surface area contributed by atoms with E-state index in [0.29, 0.717) is 13.1 Å². The first kappa shape index (κ1) is 15.4. The van der Waals surface area contributed by atoms with E-state index in [1.165, 1.54) is 0 Å². The molecule has 1 rings (SSSR count). The molecule has 2 N–H and O–H groups in total. The second-order valence-electron chi connectivity index (χ2n) is 4.04. The van der Waals surface area contributed by atoms with Crippen LogP contribution in [0.1, 0.15) is 6.92 Å². The van der Waals surface area contributed by atoms with Gasteiger partial charge in [0.1, 0.15) is 18.5 Å². The quantitative estimate of drug-likeness (QED) is 0.763. The first-order valence-corrected chi connectivity index (χ1v) is 6.84. The van der Waals surface area contributed by atoms with E-state index in [1.54, 1.807) is 0 Å². The Bertz CT molecular complexity index is 349. The highest BCUT2D eigenvalue weighted by molar-refractivity contribution is 9.10. The van der Waals surface area contributed by atoms with Gasteiger partial charge in [-0.25, -0.2) is 0 Å². The molecule has 5 heteroatoms. The summed E-state index contributed by atoms with van der Waals surface area (Å²) in [6.07, 6.45) is -0.560. The predicted octanol–water partition coefficient (Wildman–Crippen LogP) is 1.50. The van der Waals surface area contributed by atoms with Crippen LogP contribution in [0.3, 0.4) is 0 Å². The smallest absolute Gasteiger partial charge is 0.120 e. The van der Waals surface area contributed by atoms with E-state index in [-0.39, 0.29) is 13.2 Å². The molecule has 0 spiro atoms. The van der Waals surface area contributed by atoms with Crippen LogP contribution in [0.25, 0.3) is 0 Å². The summed E-state index contributed by atoms with van der Waals surface area (Å²) in [6.45, 7) is 4.23. The average molecular weight is 318 g/mol. The first-order chi connectivity index (χ1) is 8.65. The molecule has 0 aliphatic heterocycles. The van der Waals surface area contributed by atoms with Crippen LogP contribution in [0.5, 0.6) is 5.75 Å². The Balaban J connectivity index is 2.34. The van der Waals surface area contributed by atoms with Gasteiger partial charge in [-0.2, -0.15) is 0 Å². The van der Waals surface area contributed by atoms with Crippen molar-refractivity contribution in [1.29, 1.82) is 0 Å². The van der Waals surface area contributed by atoms with Crippen molar-refractivity contribution in [3.63, 3.8) is 0 Å². The molecule has 1 unspecified atom stereocenters. The standard InChI is InChI=1S/C13H20BrNO3/c1-2-15(6-7-16)9-12(17)10-18-13-5-3-4-11(14)8-13/h3-5,8,12,16-17H,2,6-7,9-10H2,1H3. The van der Waals surface area contributed by atoms with Gasteiger partial charge in [0, 0.05) is 17.6 Å². The van der Waals surface area contributed by atoms with E-state index in [0.717, 1.165) is 16.8 Å². The lowest BCUT2D eigenvalue weighted by Gasteiger charge is -2.22. The fraction of sp³-hybridized carbons (Fsp3) is 0.538. The average Bonchev–Trinajstić information content (AvgIpc) is 2.36. The van der Waals surface area contributed by atoms with Crippen LogP contribution in [0, 0.1) is 0 Å². The number of hydrogen-bond donors (Lipinski definition) is 2. The summed E-state index contributed by atoms with van der Waals surface area (Å²) in [7, 11) is 0. The Morgan fingerprint density at radius 3 is 2.83 bits per heavy atom.